The van der Waals surface area contributed by atoms with Gasteiger partial charge < -0.3 is 5.32 Å². The highest BCUT2D eigenvalue weighted by Gasteiger charge is 2.30. The summed E-state index contributed by atoms with van der Waals surface area (Å²) in [5.41, 5.74) is 3.97. The Labute approximate surface area is 149 Å². The van der Waals surface area contributed by atoms with E-state index in [0.29, 0.717) is 11.4 Å². The third-order valence-corrected chi connectivity index (χ3v) is 5.24. The van der Waals surface area contributed by atoms with Crippen molar-refractivity contribution in [1.82, 2.24) is 0 Å². The number of carbonyl (C=O) groups excluding carboxylic acids is 1. The zero-order chi connectivity index (χ0) is 18.8. The van der Waals surface area contributed by atoms with Gasteiger partial charge in [-0.3, -0.25) is 9.10 Å². The fourth-order valence-electron chi connectivity index (χ4n) is 2.62. The maximum absolute atomic E-state index is 12.6. The Balaban J connectivity index is 2.36. The summed E-state index contributed by atoms with van der Waals surface area (Å²) < 4.78 is 25.9. The van der Waals surface area contributed by atoms with Gasteiger partial charge >= 0.3 is 0 Å². The molecule has 134 valence electrons. The molecule has 0 radical (unpaired) electrons. The van der Waals surface area contributed by atoms with Gasteiger partial charge in [0.15, 0.2) is 0 Å². The van der Waals surface area contributed by atoms with Crippen LogP contribution in [0.1, 0.15) is 23.6 Å². The molecule has 0 fully saturated rings. The molecule has 2 rings (SSSR count). The molecule has 5 nitrogen and oxygen atoms in total. The van der Waals surface area contributed by atoms with Crippen molar-refractivity contribution in [3.05, 3.63) is 59.2 Å². The van der Waals surface area contributed by atoms with Crippen molar-refractivity contribution in [3.8, 4) is 0 Å². The van der Waals surface area contributed by atoms with Gasteiger partial charge in [0.2, 0.25) is 15.9 Å². The molecule has 0 aromatic heterocycles. The predicted octanol–water partition coefficient (Wildman–Crippen LogP) is 3.41. The van der Waals surface area contributed by atoms with Crippen LogP contribution in [-0.4, -0.2) is 26.6 Å². The topological polar surface area (TPSA) is 66.5 Å². The molecule has 0 aliphatic carbocycles. The lowest BCUT2D eigenvalue weighted by molar-refractivity contribution is -0.116. The predicted molar refractivity (Wildman–Crippen MR) is 103 cm³/mol. The van der Waals surface area contributed by atoms with Crippen LogP contribution in [-0.2, 0) is 14.8 Å². The van der Waals surface area contributed by atoms with Gasteiger partial charge in [0.25, 0.3) is 0 Å². The van der Waals surface area contributed by atoms with E-state index in [4.69, 9.17) is 0 Å². The van der Waals surface area contributed by atoms with Gasteiger partial charge in [-0.25, -0.2) is 8.42 Å². The normalized spacial score (nSPS) is 12.5. The van der Waals surface area contributed by atoms with Crippen molar-refractivity contribution < 1.29 is 13.2 Å². The lowest BCUT2D eigenvalue weighted by atomic mass is 10.1. The summed E-state index contributed by atoms with van der Waals surface area (Å²) in [6, 6.07) is 12.0. The first-order chi connectivity index (χ1) is 11.6. The van der Waals surface area contributed by atoms with Gasteiger partial charge in [-0.1, -0.05) is 29.8 Å². The average molecular weight is 360 g/mol. The van der Waals surface area contributed by atoms with Crippen LogP contribution in [0.25, 0.3) is 0 Å². The van der Waals surface area contributed by atoms with Crippen molar-refractivity contribution in [1.29, 1.82) is 0 Å². The summed E-state index contributed by atoms with van der Waals surface area (Å²) in [4.78, 5) is 12.6. The Kier molecular flexibility index (Phi) is 5.52. The van der Waals surface area contributed by atoms with Crippen molar-refractivity contribution in [2.75, 3.05) is 15.9 Å². The van der Waals surface area contributed by atoms with Gasteiger partial charge in [-0.15, -0.1) is 0 Å². The van der Waals surface area contributed by atoms with E-state index in [1.807, 2.05) is 45.0 Å². The van der Waals surface area contributed by atoms with E-state index in [-0.39, 0.29) is 5.91 Å². The molecule has 0 aliphatic heterocycles. The second-order valence-corrected chi connectivity index (χ2v) is 8.24. The molecule has 0 unspecified atom stereocenters. The van der Waals surface area contributed by atoms with E-state index in [0.717, 1.165) is 22.9 Å². The fourth-order valence-corrected chi connectivity index (χ4v) is 3.85. The zero-order valence-electron chi connectivity index (χ0n) is 15.2. The molecule has 0 heterocycles. The van der Waals surface area contributed by atoms with Gasteiger partial charge in [-0.05, 0) is 57.0 Å². The minimum Gasteiger partial charge on any atom is -0.324 e. The SMILES string of the molecule is Cc1ccc(NC(=O)[C@H](C)N(c2cc(C)ccc2C)S(C)(=O)=O)cc1. The van der Waals surface area contributed by atoms with E-state index in [1.54, 1.807) is 25.1 Å². The largest absolute Gasteiger partial charge is 0.324 e. The molecule has 0 aliphatic rings. The third-order valence-electron chi connectivity index (χ3n) is 4.01. The summed E-state index contributed by atoms with van der Waals surface area (Å²) in [5, 5.41) is 2.78. The molecule has 6 heteroatoms. The Morgan fingerprint density at radius 2 is 1.56 bits per heavy atom. The molecule has 0 saturated heterocycles. The molecule has 0 bridgehead atoms. The van der Waals surface area contributed by atoms with Crippen molar-refractivity contribution in [3.63, 3.8) is 0 Å². The summed E-state index contributed by atoms with van der Waals surface area (Å²) in [6.45, 7) is 7.27. The molecule has 2 aromatic rings. The molecule has 1 N–H and O–H groups in total. The summed E-state index contributed by atoms with van der Waals surface area (Å²) in [5.74, 6) is -0.379. The number of hydrogen-bond acceptors (Lipinski definition) is 3. The smallest absolute Gasteiger partial charge is 0.247 e. The van der Waals surface area contributed by atoms with Crippen LogP contribution in [0.15, 0.2) is 42.5 Å². The maximum Gasteiger partial charge on any atom is 0.247 e. The van der Waals surface area contributed by atoms with E-state index in [9.17, 15) is 13.2 Å². The number of rotatable bonds is 5. The summed E-state index contributed by atoms with van der Waals surface area (Å²) in [7, 11) is -3.63. The van der Waals surface area contributed by atoms with Crippen LogP contribution >= 0.6 is 0 Å². The summed E-state index contributed by atoms with van der Waals surface area (Å²) >= 11 is 0. The number of hydrogen-bond donors (Lipinski definition) is 1. The first-order valence-electron chi connectivity index (χ1n) is 8.04. The molecular formula is C19H24N2O3S. The molecule has 2 aromatic carbocycles. The van der Waals surface area contributed by atoms with Crippen LogP contribution in [0.4, 0.5) is 11.4 Å². The molecule has 0 saturated carbocycles. The lowest BCUT2D eigenvalue weighted by Crippen LogP contribution is -2.45. The van der Waals surface area contributed by atoms with E-state index >= 15 is 0 Å². The third kappa shape index (κ3) is 4.60. The lowest BCUT2D eigenvalue weighted by Gasteiger charge is -2.29. The van der Waals surface area contributed by atoms with Gasteiger partial charge in [0, 0.05) is 5.69 Å². The number of carbonyl (C=O) groups is 1. The van der Waals surface area contributed by atoms with Crippen molar-refractivity contribution in [2.45, 2.75) is 33.7 Å². The highest BCUT2D eigenvalue weighted by atomic mass is 32.2. The second-order valence-electron chi connectivity index (χ2n) is 6.38. The molecule has 1 atom stereocenters. The highest BCUT2D eigenvalue weighted by Crippen LogP contribution is 2.26. The van der Waals surface area contributed by atoms with Crippen LogP contribution < -0.4 is 9.62 Å². The second kappa shape index (κ2) is 7.27. The van der Waals surface area contributed by atoms with Crippen LogP contribution in [0.3, 0.4) is 0 Å². The Morgan fingerprint density at radius 1 is 1.00 bits per heavy atom. The highest BCUT2D eigenvalue weighted by molar-refractivity contribution is 7.92. The van der Waals surface area contributed by atoms with E-state index < -0.39 is 16.1 Å². The Morgan fingerprint density at radius 3 is 2.12 bits per heavy atom. The van der Waals surface area contributed by atoms with Gasteiger partial charge in [-0.2, -0.15) is 0 Å². The molecular weight excluding hydrogens is 336 g/mol. The first kappa shape index (κ1) is 19.0. The number of benzene rings is 2. The van der Waals surface area contributed by atoms with Crippen LogP contribution in [0.5, 0.6) is 0 Å². The Bertz CT molecular complexity index is 874. The standard InChI is InChI=1S/C19H24N2O3S/c1-13-7-10-17(11-8-13)20-19(22)16(4)21(25(5,23)24)18-12-14(2)6-9-15(18)3/h6-12,16H,1-5H3,(H,20,22)/t16-/m0/s1. The number of nitrogens with one attached hydrogen (secondary N) is 1. The van der Waals surface area contributed by atoms with Crippen molar-refractivity contribution >= 4 is 27.3 Å². The maximum atomic E-state index is 12.6. The van der Waals surface area contributed by atoms with Gasteiger partial charge in [0.05, 0.1) is 11.9 Å². The van der Waals surface area contributed by atoms with E-state index in [1.165, 1.54) is 4.31 Å². The number of sulfonamides is 1. The average Bonchev–Trinajstić information content (AvgIpc) is 2.51. The van der Waals surface area contributed by atoms with E-state index in [2.05, 4.69) is 5.32 Å². The monoisotopic (exact) mass is 360 g/mol. The van der Waals surface area contributed by atoms with Crippen LogP contribution in [0, 0.1) is 20.8 Å². The number of nitrogens with zero attached hydrogens (tertiary/aromatic N) is 1. The van der Waals surface area contributed by atoms with Gasteiger partial charge in [0.1, 0.15) is 6.04 Å². The first-order valence-corrected chi connectivity index (χ1v) is 9.88. The van der Waals surface area contributed by atoms with Crippen molar-refractivity contribution in [2.24, 2.45) is 0 Å². The number of anilines is 2. The fraction of sp³-hybridized carbons (Fsp3) is 0.316. The minimum absolute atomic E-state index is 0.379. The quantitative estimate of drug-likeness (QED) is 0.888. The number of aryl methyl sites for hydroxylation is 3. The molecule has 25 heavy (non-hydrogen) atoms. The minimum atomic E-state index is -3.63. The zero-order valence-corrected chi connectivity index (χ0v) is 16.0. The van der Waals surface area contributed by atoms with Crippen LogP contribution in [0.2, 0.25) is 0 Å². The summed E-state index contributed by atoms with van der Waals surface area (Å²) in [6.07, 6.45) is 1.12. The Hall–Kier alpha value is -2.34. The molecule has 1 amide bonds. The molecule has 0 spiro atoms. The number of amides is 1.